The number of nitrogen functional groups attached to an aromatic ring is 1. The number of hydrogen-bond donors (Lipinski definition) is 2. The van der Waals surface area contributed by atoms with Gasteiger partial charge in [-0.05, 0) is 30.9 Å². The average Bonchev–Trinajstić information content (AvgIpc) is 2.53. The van der Waals surface area contributed by atoms with E-state index in [0.29, 0.717) is 17.3 Å². The van der Waals surface area contributed by atoms with Gasteiger partial charge in [-0.2, -0.15) is 0 Å². The van der Waals surface area contributed by atoms with Gasteiger partial charge in [0.25, 0.3) is 5.91 Å². The van der Waals surface area contributed by atoms with Gasteiger partial charge in [0, 0.05) is 18.5 Å². The molecule has 2 heterocycles. The molecule has 5 heteroatoms. The number of nitrogens with two attached hydrogens (primary N) is 1. The minimum absolute atomic E-state index is 0.0663. The molecule has 2 aromatic rings. The van der Waals surface area contributed by atoms with E-state index in [1.807, 2.05) is 29.2 Å². The number of aromatic nitrogens is 1. The number of likely N-dealkylation sites (tertiary alicyclic amines) is 1. The summed E-state index contributed by atoms with van der Waals surface area (Å²) in [6.07, 6.45) is 2.26. The predicted molar refractivity (Wildman–Crippen MR) is 83.9 cm³/mol. The number of nitrogens with zero attached hydrogens (tertiary/aromatic N) is 2. The van der Waals surface area contributed by atoms with Crippen LogP contribution >= 0.6 is 0 Å². The van der Waals surface area contributed by atoms with Gasteiger partial charge in [0.1, 0.15) is 5.82 Å². The second-order valence-electron chi connectivity index (χ2n) is 5.72. The molecule has 1 atom stereocenters. The number of piperidine rings is 1. The molecule has 3 N–H and O–H groups in total. The first-order chi connectivity index (χ1) is 10.2. The van der Waals surface area contributed by atoms with Gasteiger partial charge < -0.3 is 10.3 Å². The number of para-hydroxylation sites is 1. The zero-order valence-corrected chi connectivity index (χ0v) is 12.2. The highest BCUT2D eigenvalue weighted by Gasteiger charge is 2.23. The average molecular weight is 284 g/mol. The van der Waals surface area contributed by atoms with Crippen molar-refractivity contribution >= 4 is 22.6 Å². The second-order valence-corrected chi connectivity index (χ2v) is 5.72. The van der Waals surface area contributed by atoms with E-state index in [2.05, 4.69) is 17.3 Å². The lowest BCUT2D eigenvalue weighted by atomic mass is 9.99. The van der Waals surface area contributed by atoms with E-state index in [1.54, 1.807) is 6.07 Å². The molecule has 21 heavy (non-hydrogen) atoms. The van der Waals surface area contributed by atoms with Crippen LogP contribution < -0.4 is 11.3 Å². The van der Waals surface area contributed by atoms with Crippen molar-refractivity contribution in [3.63, 3.8) is 0 Å². The van der Waals surface area contributed by atoms with Crippen LogP contribution in [0, 0.1) is 5.92 Å². The van der Waals surface area contributed by atoms with E-state index in [0.717, 1.165) is 30.4 Å². The lowest BCUT2D eigenvalue weighted by Crippen LogP contribution is -2.39. The molecule has 1 saturated heterocycles. The number of rotatable bonds is 2. The van der Waals surface area contributed by atoms with Gasteiger partial charge in [-0.25, -0.2) is 10.8 Å². The molecule has 0 spiro atoms. The molecule has 0 saturated carbocycles. The van der Waals surface area contributed by atoms with Gasteiger partial charge in [-0.15, -0.1) is 0 Å². The summed E-state index contributed by atoms with van der Waals surface area (Å²) < 4.78 is 0. The third kappa shape index (κ3) is 2.69. The zero-order chi connectivity index (χ0) is 14.8. The van der Waals surface area contributed by atoms with Crippen molar-refractivity contribution in [2.45, 2.75) is 19.8 Å². The Balaban J connectivity index is 2.04. The van der Waals surface area contributed by atoms with Crippen LogP contribution in [-0.4, -0.2) is 28.9 Å². The fraction of sp³-hybridized carbons (Fsp3) is 0.375. The van der Waals surface area contributed by atoms with E-state index in [-0.39, 0.29) is 5.91 Å². The smallest absolute Gasteiger partial charge is 0.254 e. The fourth-order valence-electron chi connectivity index (χ4n) is 2.97. The van der Waals surface area contributed by atoms with Crippen LogP contribution in [0.1, 0.15) is 30.1 Å². The van der Waals surface area contributed by atoms with Gasteiger partial charge in [0.2, 0.25) is 0 Å². The highest BCUT2D eigenvalue weighted by atomic mass is 16.2. The van der Waals surface area contributed by atoms with Crippen LogP contribution in [0.5, 0.6) is 0 Å². The topological polar surface area (TPSA) is 71.2 Å². The number of fused-ring (bicyclic) bond motifs is 1. The molecular formula is C16H20N4O. The maximum Gasteiger partial charge on any atom is 0.254 e. The minimum atomic E-state index is 0.0663. The van der Waals surface area contributed by atoms with Crippen molar-refractivity contribution in [3.05, 3.63) is 35.9 Å². The normalized spacial score (nSPS) is 18.8. The molecule has 1 aliphatic heterocycles. The number of benzene rings is 1. The molecule has 0 aliphatic carbocycles. The Labute approximate surface area is 124 Å². The first kappa shape index (κ1) is 13.8. The number of amides is 1. The second kappa shape index (κ2) is 5.69. The van der Waals surface area contributed by atoms with Crippen molar-refractivity contribution in [1.29, 1.82) is 0 Å². The summed E-state index contributed by atoms with van der Waals surface area (Å²) in [5.41, 5.74) is 3.99. The first-order valence-electron chi connectivity index (χ1n) is 7.34. The molecule has 0 bridgehead atoms. The summed E-state index contributed by atoms with van der Waals surface area (Å²) in [6, 6.07) is 9.40. The van der Waals surface area contributed by atoms with Crippen LogP contribution in [0.2, 0.25) is 0 Å². The number of hydrogen-bond acceptors (Lipinski definition) is 4. The molecule has 1 unspecified atom stereocenters. The zero-order valence-electron chi connectivity index (χ0n) is 12.2. The molecule has 0 radical (unpaired) electrons. The van der Waals surface area contributed by atoms with Gasteiger partial charge in [-0.1, -0.05) is 25.1 Å². The molecule has 5 nitrogen and oxygen atoms in total. The Kier molecular flexibility index (Phi) is 3.75. The molecule has 110 valence electrons. The summed E-state index contributed by atoms with van der Waals surface area (Å²) in [4.78, 5) is 19.2. The largest absolute Gasteiger partial charge is 0.338 e. The van der Waals surface area contributed by atoms with Crippen molar-refractivity contribution in [2.24, 2.45) is 11.8 Å². The first-order valence-corrected chi connectivity index (χ1v) is 7.34. The van der Waals surface area contributed by atoms with Crippen LogP contribution in [0.4, 0.5) is 5.82 Å². The number of pyridine rings is 1. The van der Waals surface area contributed by atoms with Gasteiger partial charge in [0.15, 0.2) is 0 Å². The van der Waals surface area contributed by atoms with E-state index >= 15 is 0 Å². The van der Waals surface area contributed by atoms with Crippen LogP contribution in [0.15, 0.2) is 30.3 Å². The van der Waals surface area contributed by atoms with E-state index in [4.69, 9.17) is 5.84 Å². The Morgan fingerprint density at radius 2 is 2.24 bits per heavy atom. The lowest BCUT2D eigenvalue weighted by molar-refractivity contribution is 0.0685. The highest BCUT2D eigenvalue weighted by molar-refractivity contribution is 6.07. The van der Waals surface area contributed by atoms with E-state index in [9.17, 15) is 4.79 Å². The summed E-state index contributed by atoms with van der Waals surface area (Å²) in [5, 5.41) is 0.875. The number of carbonyl (C=O) groups is 1. The van der Waals surface area contributed by atoms with E-state index in [1.165, 1.54) is 6.42 Å². The maximum atomic E-state index is 12.9. The standard InChI is InChI=1S/C16H20N4O/c1-11-5-4-8-20(10-11)16(21)13-9-15(19-17)18-14-7-3-2-6-12(13)14/h2-3,6-7,9,11H,4-5,8,10,17H2,1H3,(H,18,19). The number of hydrazine groups is 1. The number of anilines is 1. The fourth-order valence-corrected chi connectivity index (χ4v) is 2.97. The maximum absolute atomic E-state index is 12.9. The van der Waals surface area contributed by atoms with Gasteiger partial charge in [0.05, 0.1) is 11.1 Å². The van der Waals surface area contributed by atoms with Gasteiger partial charge in [-0.3, -0.25) is 4.79 Å². The number of carbonyl (C=O) groups excluding carboxylic acids is 1. The van der Waals surface area contributed by atoms with Crippen molar-refractivity contribution in [1.82, 2.24) is 9.88 Å². The minimum Gasteiger partial charge on any atom is -0.338 e. The molecular weight excluding hydrogens is 264 g/mol. The van der Waals surface area contributed by atoms with Crippen molar-refractivity contribution in [3.8, 4) is 0 Å². The summed E-state index contributed by atoms with van der Waals surface area (Å²) >= 11 is 0. The third-order valence-electron chi connectivity index (χ3n) is 4.04. The quantitative estimate of drug-likeness (QED) is 0.656. The third-order valence-corrected chi connectivity index (χ3v) is 4.04. The van der Waals surface area contributed by atoms with Crippen LogP contribution in [-0.2, 0) is 0 Å². The van der Waals surface area contributed by atoms with E-state index < -0.39 is 0 Å². The Bertz CT molecular complexity index is 670. The number of nitrogens with one attached hydrogen (secondary N) is 1. The summed E-state index contributed by atoms with van der Waals surface area (Å²) in [7, 11) is 0. The molecule has 1 amide bonds. The molecule has 1 aromatic heterocycles. The summed E-state index contributed by atoms with van der Waals surface area (Å²) in [5.74, 6) is 6.61. The molecule has 1 aliphatic rings. The molecule has 1 aromatic carbocycles. The van der Waals surface area contributed by atoms with Crippen LogP contribution in [0.25, 0.3) is 10.9 Å². The van der Waals surface area contributed by atoms with Crippen molar-refractivity contribution < 1.29 is 4.79 Å². The Morgan fingerprint density at radius 3 is 3.00 bits per heavy atom. The Hall–Kier alpha value is -2.14. The Morgan fingerprint density at radius 1 is 1.43 bits per heavy atom. The van der Waals surface area contributed by atoms with Crippen LogP contribution in [0.3, 0.4) is 0 Å². The molecule has 3 rings (SSSR count). The SMILES string of the molecule is CC1CCCN(C(=O)c2cc(NN)nc3ccccc23)C1. The van der Waals surface area contributed by atoms with Crippen molar-refractivity contribution in [2.75, 3.05) is 18.5 Å². The monoisotopic (exact) mass is 284 g/mol. The predicted octanol–water partition coefficient (Wildman–Crippen LogP) is 2.39. The van der Waals surface area contributed by atoms with Gasteiger partial charge >= 0.3 is 0 Å². The highest BCUT2D eigenvalue weighted by Crippen LogP contribution is 2.24. The molecule has 1 fully saturated rings. The summed E-state index contributed by atoms with van der Waals surface area (Å²) in [6.45, 7) is 3.84. The lowest BCUT2D eigenvalue weighted by Gasteiger charge is -2.31.